The average Bonchev–Trinajstić information content (AvgIpc) is 2.95. The Morgan fingerprint density at radius 1 is 1.21 bits per heavy atom. The number of fused-ring (bicyclic) bond motifs is 1. The number of para-hydroxylation sites is 1. The lowest BCUT2D eigenvalue weighted by Crippen LogP contribution is -2.35. The summed E-state index contributed by atoms with van der Waals surface area (Å²) < 4.78 is 22.1. The number of hydrogen-bond acceptors (Lipinski definition) is 5. The fourth-order valence-corrected chi connectivity index (χ4v) is 4.32. The van der Waals surface area contributed by atoms with Crippen molar-refractivity contribution in [3.63, 3.8) is 0 Å². The van der Waals surface area contributed by atoms with Crippen molar-refractivity contribution in [2.75, 3.05) is 12.4 Å². The predicted octanol–water partition coefficient (Wildman–Crippen LogP) is 3.43. The van der Waals surface area contributed by atoms with Gasteiger partial charge in [-0.05, 0) is 62.1 Å². The summed E-state index contributed by atoms with van der Waals surface area (Å²) in [7, 11) is 3.12. The first-order valence-electron chi connectivity index (χ1n) is 10.9. The van der Waals surface area contributed by atoms with Gasteiger partial charge in [-0.15, -0.1) is 0 Å². The number of nitrogens with one attached hydrogen (secondary N) is 2. The molecule has 0 spiro atoms. The highest BCUT2D eigenvalue weighted by atomic mass is 19.1. The van der Waals surface area contributed by atoms with E-state index in [1.54, 1.807) is 45.3 Å². The molecule has 1 amide bonds. The number of nitrogens with zero attached hydrogens (tertiary/aromatic N) is 2. The summed E-state index contributed by atoms with van der Waals surface area (Å²) in [5.41, 5.74) is 0.625. The molecule has 1 aliphatic rings. The summed E-state index contributed by atoms with van der Waals surface area (Å²) in [6.45, 7) is 1.61. The number of ether oxygens (including phenoxy) is 1. The van der Waals surface area contributed by atoms with Gasteiger partial charge in [-0.25, -0.2) is 9.07 Å². The monoisotopic (exact) mass is 464 g/mol. The minimum atomic E-state index is -0.924. The number of anilines is 1. The Labute approximate surface area is 195 Å². The van der Waals surface area contributed by atoms with E-state index in [0.29, 0.717) is 36.3 Å². The number of carbonyl (C=O) groups excluding carboxylic acids is 2. The molecule has 1 atom stereocenters. The van der Waals surface area contributed by atoms with Gasteiger partial charge in [-0.2, -0.15) is 0 Å². The van der Waals surface area contributed by atoms with Crippen LogP contribution in [0.1, 0.15) is 34.5 Å². The Hall–Kier alpha value is -4.01. The van der Waals surface area contributed by atoms with Crippen molar-refractivity contribution in [3.8, 4) is 11.4 Å². The summed E-state index contributed by atoms with van der Waals surface area (Å²) in [6, 6.07) is 11.0. The second kappa shape index (κ2) is 9.09. The van der Waals surface area contributed by atoms with Gasteiger partial charge in [0.1, 0.15) is 28.7 Å². The zero-order chi connectivity index (χ0) is 24.6. The van der Waals surface area contributed by atoms with E-state index >= 15 is 0 Å². The van der Waals surface area contributed by atoms with Crippen LogP contribution in [0.4, 0.5) is 10.1 Å². The normalized spacial score (nSPS) is 15.4. The van der Waals surface area contributed by atoms with Gasteiger partial charge in [0.05, 0.1) is 18.7 Å². The van der Waals surface area contributed by atoms with Crippen LogP contribution in [-0.4, -0.2) is 33.9 Å². The van der Waals surface area contributed by atoms with Crippen LogP contribution < -0.4 is 15.6 Å². The Morgan fingerprint density at radius 3 is 2.65 bits per heavy atom. The highest BCUT2D eigenvalue weighted by Crippen LogP contribution is 2.28. The molecule has 0 bridgehead atoms. The molecule has 9 heteroatoms. The molecule has 1 unspecified atom stereocenters. The highest BCUT2D eigenvalue weighted by Gasteiger charge is 2.33. The second-order valence-corrected chi connectivity index (χ2v) is 8.25. The van der Waals surface area contributed by atoms with Crippen LogP contribution in [0.25, 0.3) is 5.69 Å². The smallest absolute Gasteiger partial charge is 0.295 e. The lowest BCUT2D eigenvalue weighted by Gasteiger charge is -2.15. The number of benzene rings is 2. The van der Waals surface area contributed by atoms with Crippen LogP contribution in [-0.2, 0) is 18.3 Å². The molecule has 2 N–H and O–H groups in total. The summed E-state index contributed by atoms with van der Waals surface area (Å²) in [5.74, 6) is -2.00. The number of aromatic nitrogens is 2. The fourth-order valence-electron chi connectivity index (χ4n) is 4.32. The molecule has 0 aliphatic heterocycles. The number of hydrogen-bond donors (Lipinski definition) is 2. The first-order chi connectivity index (χ1) is 16.2. The number of amides is 1. The molecule has 1 heterocycles. The molecule has 176 valence electrons. The van der Waals surface area contributed by atoms with Crippen LogP contribution in [0.3, 0.4) is 0 Å². The predicted molar refractivity (Wildman–Crippen MR) is 126 cm³/mol. The zero-order valence-corrected chi connectivity index (χ0v) is 19.1. The van der Waals surface area contributed by atoms with E-state index < -0.39 is 28.9 Å². The molecule has 4 rings (SSSR count). The summed E-state index contributed by atoms with van der Waals surface area (Å²) in [5, 5.41) is 10.9. The minimum absolute atomic E-state index is 0.0413. The van der Waals surface area contributed by atoms with Crippen molar-refractivity contribution in [3.05, 3.63) is 75.5 Å². The topological polar surface area (TPSA) is 106 Å². The molecule has 0 saturated heterocycles. The maximum Gasteiger partial charge on any atom is 0.295 e. The van der Waals surface area contributed by atoms with Crippen LogP contribution >= 0.6 is 0 Å². The Bertz CT molecular complexity index is 1370. The lowest BCUT2D eigenvalue weighted by atomic mass is 9.90. The van der Waals surface area contributed by atoms with Crippen molar-refractivity contribution >= 4 is 23.1 Å². The molecule has 0 fully saturated rings. The van der Waals surface area contributed by atoms with E-state index in [1.165, 1.54) is 22.9 Å². The molecular weight excluding hydrogens is 439 g/mol. The van der Waals surface area contributed by atoms with Gasteiger partial charge in [0.15, 0.2) is 5.78 Å². The summed E-state index contributed by atoms with van der Waals surface area (Å²) in [6.07, 6.45) is 1.60. The Balaban J connectivity index is 1.62. The molecule has 2 aromatic carbocycles. The van der Waals surface area contributed by atoms with Crippen molar-refractivity contribution < 1.29 is 18.7 Å². The molecule has 0 radical (unpaired) electrons. The fraction of sp³-hybridized carbons (Fsp3) is 0.280. The summed E-state index contributed by atoms with van der Waals surface area (Å²) >= 11 is 0. The third-order valence-corrected chi connectivity index (χ3v) is 6.30. The van der Waals surface area contributed by atoms with Gasteiger partial charge in [-0.1, -0.05) is 12.1 Å². The third-order valence-electron chi connectivity index (χ3n) is 6.30. The summed E-state index contributed by atoms with van der Waals surface area (Å²) in [4.78, 5) is 39.2. The molecule has 1 aromatic heterocycles. The van der Waals surface area contributed by atoms with E-state index in [0.717, 1.165) is 10.2 Å². The number of carbonyl (C=O) groups is 2. The highest BCUT2D eigenvalue weighted by molar-refractivity contribution is 6.46. The largest absolute Gasteiger partial charge is 0.497 e. The maximum absolute atomic E-state index is 14.3. The molecule has 1 aliphatic carbocycles. The number of rotatable bonds is 5. The number of methoxy groups -OCH3 is 1. The van der Waals surface area contributed by atoms with Crippen molar-refractivity contribution in [1.82, 2.24) is 9.36 Å². The standard InChI is InChI=1S/C25H25FN4O4/c1-14-22(25(33)30(29(14)2)20-10-5-4-9-19(20)26)28-24(32)21(27)18-8-6-7-15-13-16(34-3)11-12-17(15)23(18)31/h4-5,9-13,18,27H,6-8H2,1-3H3,(H,28,32). The van der Waals surface area contributed by atoms with E-state index in [1.807, 2.05) is 0 Å². The van der Waals surface area contributed by atoms with E-state index in [9.17, 15) is 18.8 Å². The number of halogens is 1. The van der Waals surface area contributed by atoms with E-state index in [4.69, 9.17) is 10.1 Å². The minimum Gasteiger partial charge on any atom is -0.497 e. The first kappa shape index (κ1) is 23.2. The third kappa shape index (κ3) is 3.93. The quantitative estimate of drug-likeness (QED) is 0.446. The zero-order valence-electron chi connectivity index (χ0n) is 19.1. The van der Waals surface area contributed by atoms with Crippen LogP contribution in [0, 0.1) is 24.1 Å². The van der Waals surface area contributed by atoms with Crippen molar-refractivity contribution in [2.24, 2.45) is 13.0 Å². The molecular formula is C25H25FN4O4. The van der Waals surface area contributed by atoms with E-state index in [-0.39, 0.29) is 17.2 Å². The number of aryl methyl sites for hydroxylation is 1. The second-order valence-electron chi connectivity index (χ2n) is 8.25. The van der Waals surface area contributed by atoms with Gasteiger partial charge >= 0.3 is 0 Å². The van der Waals surface area contributed by atoms with Gasteiger partial charge in [0.2, 0.25) is 0 Å². The maximum atomic E-state index is 14.3. The van der Waals surface area contributed by atoms with Gasteiger partial charge in [0.25, 0.3) is 11.5 Å². The van der Waals surface area contributed by atoms with Gasteiger partial charge in [0, 0.05) is 12.6 Å². The van der Waals surface area contributed by atoms with Crippen molar-refractivity contribution in [1.29, 1.82) is 5.41 Å². The average molecular weight is 464 g/mol. The Kier molecular flexibility index (Phi) is 6.19. The van der Waals surface area contributed by atoms with Crippen LogP contribution in [0.5, 0.6) is 5.75 Å². The molecule has 8 nitrogen and oxygen atoms in total. The Morgan fingerprint density at radius 2 is 1.94 bits per heavy atom. The van der Waals surface area contributed by atoms with Crippen molar-refractivity contribution in [2.45, 2.75) is 26.2 Å². The number of ketones is 1. The van der Waals surface area contributed by atoms with Gasteiger partial charge in [-0.3, -0.25) is 24.5 Å². The van der Waals surface area contributed by atoms with Crippen LogP contribution in [0.2, 0.25) is 0 Å². The molecule has 0 saturated carbocycles. The number of Topliss-reactive ketones (excluding diaryl/α,β-unsaturated/α-hetero) is 1. The SMILES string of the molecule is COc1ccc2c(c1)CCCC(C(=N)C(=O)Nc1c(C)n(C)n(-c3ccccc3F)c1=O)C2=O. The molecule has 34 heavy (non-hydrogen) atoms. The van der Waals surface area contributed by atoms with E-state index in [2.05, 4.69) is 5.32 Å². The first-order valence-corrected chi connectivity index (χ1v) is 10.9. The lowest BCUT2D eigenvalue weighted by molar-refractivity contribution is -0.110. The molecule has 3 aromatic rings. The van der Waals surface area contributed by atoms with Crippen LogP contribution in [0.15, 0.2) is 47.3 Å². The van der Waals surface area contributed by atoms with Gasteiger partial charge < -0.3 is 10.1 Å².